The molecule has 6 heteroatoms. The standard InChI is InChI=1S/C22H21ClN2O3/c1-3-25(4-2)21(26)14-28-22(27)18-13-20(15-9-11-16(23)12-10-15)24-19-8-6-5-7-17(18)19/h5-13H,3-4,14H2,1-2H3. The van der Waals surface area contributed by atoms with E-state index in [1.165, 1.54) is 0 Å². The molecule has 5 nitrogen and oxygen atoms in total. The van der Waals surface area contributed by atoms with Gasteiger partial charge in [-0.25, -0.2) is 9.78 Å². The van der Waals surface area contributed by atoms with Crippen LogP contribution in [-0.4, -0.2) is 41.5 Å². The first-order chi connectivity index (χ1) is 13.5. The fourth-order valence-electron chi connectivity index (χ4n) is 2.99. The van der Waals surface area contributed by atoms with Gasteiger partial charge in [-0.05, 0) is 38.1 Å². The molecule has 3 aromatic rings. The van der Waals surface area contributed by atoms with Crippen molar-refractivity contribution in [3.05, 3.63) is 65.2 Å². The fraction of sp³-hybridized carbons (Fsp3) is 0.227. The van der Waals surface area contributed by atoms with Gasteiger partial charge in [-0.1, -0.05) is 41.9 Å². The van der Waals surface area contributed by atoms with Gasteiger partial charge in [0.1, 0.15) is 0 Å². The number of amides is 1. The van der Waals surface area contributed by atoms with E-state index < -0.39 is 5.97 Å². The van der Waals surface area contributed by atoms with Crippen molar-refractivity contribution in [1.82, 2.24) is 9.88 Å². The van der Waals surface area contributed by atoms with E-state index in [4.69, 9.17) is 16.3 Å². The lowest BCUT2D eigenvalue weighted by molar-refractivity contribution is -0.134. The second-order valence-corrected chi connectivity index (χ2v) is 6.66. The Hall–Kier alpha value is -2.92. The predicted molar refractivity (Wildman–Crippen MR) is 110 cm³/mol. The third-order valence-electron chi connectivity index (χ3n) is 4.52. The van der Waals surface area contributed by atoms with Crippen LogP contribution in [0.4, 0.5) is 0 Å². The van der Waals surface area contributed by atoms with Crippen molar-refractivity contribution in [2.75, 3.05) is 19.7 Å². The van der Waals surface area contributed by atoms with Crippen LogP contribution < -0.4 is 0 Å². The molecule has 0 N–H and O–H groups in total. The van der Waals surface area contributed by atoms with Gasteiger partial charge in [0, 0.05) is 29.1 Å². The molecule has 0 saturated carbocycles. The maximum atomic E-state index is 12.8. The monoisotopic (exact) mass is 396 g/mol. The number of fused-ring (bicyclic) bond motifs is 1. The fourth-order valence-corrected chi connectivity index (χ4v) is 3.11. The lowest BCUT2D eigenvalue weighted by Crippen LogP contribution is -2.34. The number of carbonyl (C=O) groups excluding carboxylic acids is 2. The maximum Gasteiger partial charge on any atom is 0.339 e. The number of ether oxygens (including phenoxy) is 1. The summed E-state index contributed by atoms with van der Waals surface area (Å²) in [5.74, 6) is -0.760. The van der Waals surface area contributed by atoms with Gasteiger partial charge in [-0.15, -0.1) is 0 Å². The summed E-state index contributed by atoms with van der Waals surface area (Å²) in [6.45, 7) is 4.64. The average molecular weight is 397 g/mol. The molecule has 0 fully saturated rings. The highest BCUT2D eigenvalue weighted by Gasteiger charge is 2.18. The Morgan fingerprint density at radius 2 is 1.71 bits per heavy atom. The van der Waals surface area contributed by atoms with E-state index in [2.05, 4.69) is 4.98 Å². The van der Waals surface area contributed by atoms with Crippen LogP contribution in [-0.2, 0) is 9.53 Å². The minimum absolute atomic E-state index is 0.213. The van der Waals surface area contributed by atoms with Gasteiger partial charge in [0.15, 0.2) is 6.61 Å². The summed E-state index contributed by atoms with van der Waals surface area (Å²) in [6, 6.07) is 16.3. The van der Waals surface area contributed by atoms with Crippen LogP contribution in [0, 0.1) is 0 Å². The zero-order chi connectivity index (χ0) is 20.1. The summed E-state index contributed by atoms with van der Waals surface area (Å²) in [5.41, 5.74) is 2.53. The molecule has 0 aliphatic heterocycles. The van der Waals surface area contributed by atoms with E-state index in [1.54, 1.807) is 23.1 Å². The number of benzene rings is 2. The van der Waals surface area contributed by atoms with Crippen LogP contribution in [0.1, 0.15) is 24.2 Å². The maximum absolute atomic E-state index is 12.8. The number of nitrogens with zero attached hydrogens (tertiary/aromatic N) is 2. The van der Waals surface area contributed by atoms with Crippen LogP contribution in [0.25, 0.3) is 22.2 Å². The van der Waals surface area contributed by atoms with Crippen LogP contribution in [0.5, 0.6) is 0 Å². The van der Waals surface area contributed by atoms with E-state index in [-0.39, 0.29) is 12.5 Å². The topological polar surface area (TPSA) is 59.5 Å². The number of likely N-dealkylation sites (N-methyl/N-ethyl adjacent to an activating group) is 1. The molecule has 2 aromatic carbocycles. The highest BCUT2D eigenvalue weighted by molar-refractivity contribution is 6.30. The van der Waals surface area contributed by atoms with Crippen molar-refractivity contribution in [3.63, 3.8) is 0 Å². The number of halogens is 1. The lowest BCUT2D eigenvalue weighted by Gasteiger charge is -2.18. The van der Waals surface area contributed by atoms with Crippen molar-refractivity contribution in [2.24, 2.45) is 0 Å². The number of rotatable bonds is 6. The van der Waals surface area contributed by atoms with Gasteiger partial charge in [0.05, 0.1) is 16.8 Å². The molecule has 0 spiro atoms. The summed E-state index contributed by atoms with van der Waals surface area (Å²) in [6.07, 6.45) is 0. The van der Waals surface area contributed by atoms with Gasteiger partial charge in [-0.2, -0.15) is 0 Å². The van der Waals surface area contributed by atoms with Crippen molar-refractivity contribution in [2.45, 2.75) is 13.8 Å². The predicted octanol–water partition coefficient (Wildman–Crippen LogP) is 4.58. The number of pyridine rings is 1. The molecule has 0 saturated heterocycles. The zero-order valence-electron chi connectivity index (χ0n) is 15.8. The van der Waals surface area contributed by atoms with Crippen molar-refractivity contribution < 1.29 is 14.3 Å². The first kappa shape index (κ1) is 19.8. The number of hydrogen-bond acceptors (Lipinski definition) is 4. The Balaban J connectivity index is 1.94. The van der Waals surface area contributed by atoms with E-state index in [9.17, 15) is 9.59 Å². The molecule has 0 aliphatic carbocycles. The molecule has 1 aromatic heterocycles. The van der Waals surface area contributed by atoms with E-state index in [0.717, 1.165) is 5.56 Å². The van der Waals surface area contributed by atoms with E-state index in [1.807, 2.05) is 50.2 Å². The Kier molecular flexibility index (Phi) is 6.26. The average Bonchev–Trinajstić information content (AvgIpc) is 2.72. The lowest BCUT2D eigenvalue weighted by atomic mass is 10.0. The molecular formula is C22H21ClN2O3. The summed E-state index contributed by atoms with van der Waals surface area (Å²) < 4.78 is 5.31. The first-order valence-corrected chi connectivity index (χ1v) is 9.52. The highest BCUT2D eigenvalue weighted by Crippen LogP contribution is 2.26. The summed E-state index contributed by atoms with van der Waals surface area (Å²) in [7, 11) is 0. The number of carbonyl (C=O) groups is 2. The third kappa shape index (κ3) is 4.31. The largest absolute Gasteiger partial charge is 0.452 e. The zero-order valence-corrected chi connectivity index (χ0v) is 16.6. The van der Waals surface area contributed by atoms with Gasteiger partial charge in [0.25, 0.3) is 5.91 Å². The van der Waals surface area contributed by atoms with Crippen molar-refractivity contribution >= 4 is 34.4 Å². The van der Waals surface area contributed by atoms with E-state index >= 15 is 0 Å². The summed E-state index contributed by atoms with van der Waals surface area (Å²) in [4.78, 5) is 31.2. The molecular weight excluding hydrogens is 376 g/mol. The highest BCUT2D eigenvalue weighted by atomic mass is 35.5. The smallest absolute Gasteiger partial charge is 0.339 e. The Labute approximate surface area is 168 Å². The van der Waals surface area contributed by atoms with Gasteiger partial charge >= 0.3 is 5.97 Å². The minimum Gasteiger partial charge on any atom is -0.452 e. The molecule has 0 atom stereocenters. The van der Waals surface area contributed by atoms with Gasteiger partial charge in [-0.3, -0.25) is 4.79 Å². The van der Waals surface area contributed by atoms with Crippen molar-refractivity contribution in [1.29, 1.82) is 0 Å². The Morgan fingerprint density at radius 1 is 1.04 bits per heavy atom. The second-order valence-electron chi connectivity index (χ2n) is 6.22. The summed E-state index contributed by atoms with van der Waals surface area (Å²) in [5, 5.41) is 1.31. The number of aromatic nitrogens is 1. The molecule has 0 aliphatic rings. The van der Waals surface area contributed by atoms with Gasteiger partial charge < -0.3 is 9.64 Å². The molecule has 0 radical (unpaired) electrons. The van der Waals surface area contributed by atoms with Gasteiger partial charge in [0.2, 0.25) is 0 Å². The molecule has 1 heterocycles. The van der Waals surface area contributed by atoms with Crippen LogP contribution in [0.15, 0.2) is 54.6 Å². The molecule has 144 valence electrons. The van der Waals surface area contributed by atoms with E-state index in [0.29, 0.717) is 40.3 Å². The van der Waals surface area contributed by atoms with Crippen molar-refractivity contribution in [3.8, 4) is 11.3 Å². The second kappa shape index (κ2) is 8.85. The van der Waals surface area contributed by atoms with Crippen LogP contribution in [0.3, 0.4) is 0 Å². The van der Waals surface area contributed by atoms with Crippen LogP contribution >= 0.6 is 11.6 Å². The SMILES string of the molecule is CCN(CC)C(=O)COC(=O)c1cc(-c2ccc(Cl)cc2)nc2ccccc12. The number of hydrogen-bond donors (Lipinski definition) is 0. The Bertz CT molecular complexity index is 998. The molecule has 1 amide bonds. The quantitative estimate of drug-likeness (QED) is 0.572. The van der Waals surface area contributed by atoms with Crippen LogP contribution in [0.2, 0.25) is 5.02 Å². The minimum atomic E-state index is -0.547. The number of para-hydroxylation sites is 1. The Morgan fingerprint density at radius 3 is 2.39 bits per heavy atom. The molecule has 0 bridgehead atoms. The molecule has 3 rings (SSSR count). The molecule has 28 heavy (non-hydrogen) atoms. The molecule has 0 unspecified atom stereocenters. The number of esters is 1. The third-order valence-corrected chi connectivity index (χ3v) is 4.77. The summed E-state index contributed by atoms with van der Waals surface area (Å²) >= 11 is 5.97. The normalized spacial score (nSPS) is 10.7. The first-order valence-electron chi connectivity index (χ1n) is 9.14.